The molecule has 2 amide bonds. The molecule has 1 aliphatic heterocycles. The highest BCUT2D eigenvalue weighted by Crippen LogP contribution is 2.32. The maximum absolute atomic E-state index is 12.6. The van der Waals surface area contributed by atoms with Gasteiger partial charge in [0, 0.05) is 23.3 Å². The quantitative estimate of drug-likeness (QED) is 0.912. The number of hydrogen-bond acceptors (Lipinski definition) is 3. The van der Waals surface area contributed by atoms with Crippen molar-refractivity contribution in [2.45, 2.75) is 40.0 Å². The highest BCUT2D eigenvalue weighted by Gasteiger charge is 2.31. The molecule has 0 aliphatic carbocycles. The molecular weight excluding hydrogens is 278 g/mol. The summed E-state index contributed by atoms with van der Waals surface area (Å²) in [6.07, 6.45) is 1.63. The first-order valence-corrected chi connectivity index (χ1v) is 7.44. The van der Waals surface area contributed by atoms with Crippen LogP contribution in [0.25, 0.3) is 0 Å². The maximum atomic E-state index is 12.6. The van der Waals surface area contributed by atoms with E-state index in [9.17, 15) is 9.59 Å². The van der Waals surface area contributed by atoms with Crippen LogP contribution in [0.15, 0.2) is 18.2 Å². The zero-order valence-corrected chi connectivity index (χ0v) is 13.3. The summed E-state index contributed by atoms with van der Waals surface area (Å²) in [4.78, 5) is 25.9. The highest BCUT2D eigenvalue weighted by molar-refractivity contribution is 5.98. The summed E-state index contributed by atoms with van der Waals surface area (Å²) in [7, 11) is 0. The molecule has 0 unspecified atom stereocenters. The maximum Gasteiger partial charge on any atom is 0.238 e. The molecule has 2 rings (SSSR count). The van der Waals surface area contributed by atoms with Gasteiger partial charge in [0.1, 0.15) is 6.42 Å². The molecule has 5 nitrogen and oxygen atoms in total. The van der Waals surface area contributed by atoms with Gasteiger partial charge in [0.15, 0.2) is 0 Å². The van der Waals surface area contributed by atoms with Crippen LogP contribution in [0.5, 0.6) is 0 Å². The van der Waals surface area contributed by atoms with Crippen LogP contribution in [-0.4, -0.2) is 18.4 Å². The van der Waals surface area contributed by atoms with Gasteiger partial charge >= 0.3 is 0 Å². The van der Waals surface area contributed by atoms with Crippen LogP contribution in [-0.2, 0) is 16.0 Å². The van der Waals surface area contributed by atoms with E-state index in [2.05, 4.69) is 5.32 Å². The molecule has 1 aromatic rings. The minimum Gasteiger partial charge on any atom is -0.325 e. The van der Waals surface area contributed by atoms with Crippen LogP contribution in [0.2, 0.25) is 0 Å². The fraction of sp³-hybridized carbons (Fsp3) is 0.471. The molecule has 0 spiro atoms. The minimum atomic E-state index is -0.422. The number of hydrogen-bond donors (Lipinski definition) is 1. The smallest absolute Gasteiger partial charge is 0.238 e. The number of fused-ring (bicyclic) bond motifs is 1. The van der Waals surface area contributed by atoms with Gasteiger partial charge in [-0.1, -0.05) is 20.8 Å². The molecule has 1 aromatic carbocycles. The van der Waals surface area contributed by atoms with Gasteiger partial charge < -0.3 is 10.2 Å². The Balaban J connectivity index is 2.25. The molecule has 0 aromatic heterocycles. The van der Waals surface area contributed by atoms with Crippen molar-refractivity contribution < 1.29 is 9.59 Å². The van der Waals surface area contributed by atoms with Crippen molar-refractivity contribution >= 4 is 23.2 Å². The minimum absolute atomic E-state index is 0.106. The summed E-state index contributed by atoms with van der Waals surface area (Å²) < 4.78 is 0. The second-order valence-electron chi connectivity index (χ2n) is 6.54. The zero-order chi connectivity index (χ0) is 16.3. The topological polar surface area (TPSA) is 73.2 Å². The Morgan fingerprint density at radius 1 is 1.36 bits per heavy atom. The third kappa shape index (κ3) is 3.45. The van der Waals surface area contributed by atoms with Gasteiger partial charge in [0.2, 0.25) is 11.8 Å². The fourth-order valence-electron chi connectivity index (χ4n) is 2.57. The summed E-state index contributed by atoms with van der Waals surface area (Å²) in [5, 5.41) is 11.2. The number of anilines is 2. The Morgan fingerprint density at radius 3 is 2.73 bits per heavy atom. The molecule has 22 heavy (non-hydrogen) atoms. The number of aryl methyl sites for hydroxylation is 1. The Kier molecular flexibility index (Phi) is 4.51. The lowest BCUT2D eigenvalue weighted by molar-refractivity contribution is -0.125. The van der Waals surface area contributed by atoms with Crippen LogP contribution in [0, 0.1) is 16.7 Å². The van der Waals surface area contributed by atoms with E-state index in [-0.39, 0.29) is 18.2 Å². The number of nitrogens with one attached hydrogen (secondary N) is 1. The number of rotatable bonds is 2. The van der Waals surface area contributed by atoms with Crippen LogP contribution >= 0.6 is 0 Å². The molecule has 0 bridgehead atoms. The van der Waals surface area contributed by atoms with Crippen LogP contribution < -0.4 is 10.2 Å². The van der Waals surface area contributed by atoms with E-state index >= 15 is 0 Å². The Bertz CT molecular complexity index is 638. The summed E-state index contributed by atoms with van der Waals surface area (Å²) in [6, 6.07) is 7.37. The molecule has 5 heteroatoms. The van der Waals surface area contributed by atoms with Crippen molar-refractivity contribution in [3.8, 4) is 6.07 Å². The number of benzene rings is 1. The van der Waals surface area contributed by atoms with Gasteiger partial charge in [0.05, 0.1) is 6.07 Å². The first kappa shape index (κ1) is 16.0. The Hall–Kier alpha value is -2.35. The van der Waals surface area contributed by atoms with Gasteiger partial charge in [-0.25, -0.2) is 0 Å². The van der Waals surface area contributed by atoms with Gasteiger partial charge in [0.25, 0.3) is 0 Å². The predicted molar refractivity (Wildman–Crippen MR) is 85.4 cm³/mol. The highest BCUT2D eigenvalue weighted by atomic mass is 16.2. The van der Waals surface area contributed by atoms with E-state index < -0.39 is 5.41 Å². The van der Waals surface area contributed by atoms with Gasteiger partial charge in [-0.3, -0.25) is 9.59 Å². The summed E-state index contributed by atoms with van der Waals surface area (Å²) >= 11 is 0. The molecule has 0 fully saturated rings. The monoisotopic (exact) mass is 299 g/mol. The lowest BCUT2D eigenvalue weighted by Crippen LogP contribution is -2.42. The second-order valence-corrected chi connectivity index (χ2v) is 6.54. The fourth-order valence-corrected chi connectivity index (χ4v) is 2.57. The Labute approximate surface area is 130 Å². The van der Waals surface area contributed by atoms with Crippen LogP contribution in [0.4, 0.5) is 11.4 Å². The molecule has 0 atom stereocenters. The van der Waals surface area contributed by atoms with E-state index in [0.29, 0.717) is 5.69 Å². The zero-order valence-electron chi connectivity index (χ0n) is 13.3. The Morgan fingerprint density at radius 2 is 2.09 bits per heavy atom. The van der Waals surface area contributed by atoms with Crippen LogP contribution in [0.1, 0.15) is 39.2 Å². The van der Waals surface area contributed by atoms with E-state index in [4.69, 9.17) is 5.26 Å². The van der Waals surface area contributed by atoms with Gasteiger partial charge in [-0.05, 0) is 36.6 Å². The molecule has 0 radical (unpaired) electrons. The van der Waals surface area contributed by atoms with Crippen LogP contribution in [0.3, 0.4) is 0 Å². The predicted octanol–water partition coefficient (Wildman–Crippen LogP) is 2.86. The number of nitriles is 1. The van der Waals surface area contributed by atoms with Crippen molar-refractivity contribution in [2.24, 2.45) is 5.41 Å². The average Bonchev–Trinajstić information content (AvgIpc) is 2.45. The van der Waals surface area contributed by atoms with E-state index in [1.165, 1.54) is 0 Å². The number of nitrogens with zero attached hydrogens (tertiary/aromatic N) is 2. The summed E-state index contributed by atoms with van der Waals surface area (Å²) in [5.74, 6) is -0.212. The van der Waals surface area contributed by atoms with Gasteiger partial charge in [-0.15, -0.1) is 0 Å². The molecule has 0 saturated carbocycles. The van der Waals surface area contributed by atoms with Crippen molar-refractivity contribution in [1.29, 1.82) is 5.26 Å². The van der Waals surface area contributed by atoms with Crippen molar-refractivity contribution in [1.82, 2.24) is 0 Å². The van der Waals surface area contributed by atoms with E-state index in [1.807, 2.05) is 43.9 Å². The SMILES string of the molecule is CC(C)(C)C(=O)N1CCCc2cc(NC(=O)CC#N)ccc21. The van der Waals surface area contributed by atoms with Gasteiger partial charge in [-0.2, -0.15) is 5.26 Å². The molecule has 0 saturated heterocycles. The van der Waals surface area contributed by atoms with Crippen molar-refractivity contribution in [3.63, 3.8) is 0 Å². The standard InChI is InChI=1S/C17H21N3O2/c1-17(2,3)16(22)20-10-4-5-12-11-13(6-7-14(12)20)19-15(21)8-9-18/h6-7,11H,4-5,8,10H2,1-3H3,(H,19,21). The molecule has 116 valence electrons. The molecule has 1 heterocycles. The molecular formula is C17H21N3O2. The van der Waals surface area contributed by atoms with Crippen molar-refractivity contribution in [2.75, 3.05) is 16.8 Å². The largest absolute Gasteiger partial charge is 0.325 e. The number of carbonyl (C=O) groups is 2. The first-order chi connectivity index (χ1) is 10.3. The van der Waals surface area contributed by atoms with E-state index in [0.717, 1.165) is 30.6 Å². The first-order valence-electron chi connectivity index (χ1n) is 7.44. The number of carbonyl (C=O) groups excluding carboxylic acids is 2. The third-order valence-electron chi connectivity index (χ3n) is 3.61. The normalized spacial score (nSPS) is 14.0. The van der Waals surface area contributed by atoms with Crippen molar-refractivity contribution in [3.05, 3.63) is 23.8 Å². The lowest BCUT2D eigenvalue weighted by atomic mass is 9.92. The molecule has 1 N–H and O–H groups in total. The number of amides is 2. The lowest BCUT2D eigenvalue weighted by Gasteiger charge is -2.34. The van der Waals surface area contributed by atoms with E-state index in [1.54, 1.807) is 6.07 Å². The summed E-state index contributed by atoms with van der Waals surface area (Å²) in [5.41, 5.74) is 2.22. The average molecular weight is 299 g/mol. The second kappa shape index (κ2) is 6.18. The molecule has 1 aliphatic rings. The summed E-state index contributed by atoms with van der Waals surface area (Å²) in [6.45, 7) is 6.48. The third-order valence-corrected chi connectivity index (χ3v) is 3.61.